The van der Waals surface area contributed by atoms with Crippen molar-refractivity contribution in [3.8, 4) is 5.75 Å². The Balaban J connectivity index is 1.93. The maximum absolute atomic E-state index is 12.1. The van der Waals surface area contributed by atoms with Gasteiger partial charge in [0.25, 0.3) is 0 Å². The number of hydrogen-bond donors (Lipinski definition) is 1. The summed E-state index contributed by atoms with van der Waals surface area (Å²) < 4.78 is 7.84. The Kier molecular flexibility index (Phi) is 2.43. The molecule has 0 radical (unpaired) electrons. The molecule has 0 saturated carbocycles. The predicted molar refractivity (Wildman–Crippen MR) is 62.3 cm³/mol. The fourth-order valence-electron chi connectivity index (χ4n) is 2.64. The van der Waals surface area contributed by atoms with Crippen molar-refractivity contribution in [3.63, 3.8) is 0 Å². The second-order valence-corrected chi connectivity index (χ2v) is 4.83. The van der Waals surface area contributed by atoms with E-state index in [0.717, 1.165) is 32.5 Å². The summed E-state index contributed by atoms with van der Waals surface area (Å²) in [6, 6.07) is 0. The summed E-state index contributed by atoms with van der Waals surface area (Å²) in [5, 5.41) is 7.55. The molecule has 3 heterocycles. The number of hydrogen-bond acceptors (Lipinski definition) is 4. The maximum Gasteiger partial charge on any atom is 0.190 e. The lowest BCUT2D eigenvalue weighted by Crippen LogP contribution is -2.49. The molecule has 1 N–H and O–H groups in total. The zero-order valence-corrected chi connectivity index (χ0v) is 10.0. The average molecular weight is 235 g/mol. The number of rotatable bonds is 1. The van der Waals surface area contributed by atoms with Crippen LogP contribution in [0.4, 0.5) is 0 Å². The minimum absolute atomic E-state index is 0.125. The zero-order chi connectivity index (χ0) is 11.9. The van der Waals surface area contributed by atoms with Crippen molar-refractivity contribution in [2.24, 2.45) is 0 Å². The van der Waals surface area contributed by atoms with Crippen molar-refractivity contribution >= 4 is 5.78 Å². The SMILES string of the molecule is CCn1cc2c(n1)C(=O)CC1(CCNCC1)O2. The number of aryl methyl sites for hydroxylation is 1. The van der Waals surface area contributed by atoms with Crippen LogP contribution >= 0.6 is 0 Å². The monoisotopic (exact) mass is 235 g/mol. The summed E-state index contributed by atoms with van der Waals surface area (Å²) in [6.45, 7) is 4.61. The average Bonchev–Trinajstić information content (AvgIpc) is 2.73. The van der Waals surface area contributed by atoms with Gasteiger partial charge in [0.15, 0.2) is 17.2 Å². The highest BCUT2D eigenvalue weighted by Gasteiger charge is 2.42. The predicted octanol–water partition coefficient (Wildman–Crippen LogP) is 0.990. The first-order valence-electron chi connectivity index (χ1n) is 6.23. The Morgan fingerprint density at radius 3 is 3.00 bits per heavy atom. The molecule has 0 unspecified atom stereocenters. The van der Waals surface area contributed by atoms with Gasteiger partial charge in [0.05, 0.1) is 12.6 Å². The quantitative estimate of drug-likeness (QED) is 0.788. The Morgan fingerprint density at radius 2 is 2.29 bits per heavy atom. The molecule has 0 aromatic carbocycles. The minimum Gasteiger partial charge on any atom is -0.483 e. The summed E-state index contributed by atoms with van der Waals surface area (Å²) in [7, 11) is 0. The first-order valence-corrected chi connectivity index (χ1v) is 6.23. The van der Waals surface area contributed by atoms with Gasteiger partial charge in [0.1, 0.15) is 5.60 Å². The lowest BCUT2D eigenvalue weighted by Gasteiger charge is -2.39. The van der Waals surface area contributed by atoms with Crippen molar-refractivity contribution in [3.05, 3.63) is 11.9 Å². The van der Waals surface area contributed by atoms with Crippen LogP contribution in [0.15, 0.2) is 6.20 Å². The van der Waals surface area contributed by atoms with Gasteiger partial charge < -0.3 is 10.1 Å². The van der Waals surface area contributed by atoms with E-state index in [1.165, 1.54) is 0 Å². The van der Waals surface area contributed by atoms with Gasteiger partial charge in [0, 0.05) is 19.4 Å². The molecule has 0 bridgehead atoms. The Bertz CT molecular complexity index is 447. The Morgan fingerprint density at radius 1 is 1.53 bits per heavy atom. The number of piperidine rings is 1. The summed E-state index contributed by atoms with van der Waals surface area (Å²) in [5.41, 5.74) is 0.229. The minimum atomic E-state index is -0.281. The highest BCUT2D eigenvalue weighted by Crippen LogP contribution is 2.37. The van der Waals surface area contributed by atoms with Crippen molar-refractivity contribution in [2.75, 3.05) is 13.1 Å². The number of ketones is 1. The molecule has 2 aliphatic rings. The van der Waals surface area contributed by atoms with Crippen LogP contribution in [0.5, 0.6) is 5.75 Å². The van der Waals surface area contributed by atoms with Crippen LogP contribution in [0.25, 0.3) is 0 Å². The molecule has 2 aliphatic heterocycles. The van der Waals surface area contributed by atoms with Gasteiger partial charge in [-0.25, -0.2) is 0 Å². The van der Waals surface area contributed by atoms with E-state index in [-0.39, 0.29) is 11.4 Å². The fraction of sp³-hybridized carbons (Fsp3) is 0.667. The maximum atomic E-state index is 12.1. The smallest absolute Gasteiger partial charge is 0.190 e. The molecule has 0 atom stereocenters. The second kappa shape index (κ2) is 3.84. The molecule has 3 rings (SSSR count). The van der Waals surface area contributed by atoms with Gasteiger partial charge in [-0.2, -0.15) is 5.10 Å². The first-order chi connectivity index (χ1) is 8.22. The number of aromatic nitrogens is 2. The van der Waals surface area contributed by atoms with Gasteiger partial charge in [0.2, 0.25) is 0 Å². The molecule has 1 aromatic rings. The van der Waals surface area contributed by atoms with E-state index < -0.39 is 0 Å². The first kappa shape index (κ1) is 10.8. The van der Waals surface area contributed by atoms with E-state index in [1.54, 1.807) is 4.68 Å². The lowest BCUT2D eigenvalue weighted by molar-refractivity contribution is 0.0185. The molecular formula is C12H17N3O2. The third-order valence-electron chi connectivity index (χ3n) is 3.64. The molecule has 5 nitrogen and oxygen atoms in total. The van der Waals surface area contributed by atoms with Crippen LogP contribution < -0.4 is 10.1 Å². The van der Waals surface area contributed by atoms with Gasteiger partial charge in [-0.05, 0) is 20.0 Å². The normalized spacial score (nSPS) is 22.3. The Labute approximate surface area is 100 Å². The fourth-order valence-corrected chi connectivity index (χ4v) is 2.64. The lowest BCUT2D eigenvalue weighted by atomic mass is 9.84. The molecule has 1 spiro atoms. The van der Waals surface area contributed by atoms with Crippen LogP contribution in [0.1, 0.15) is 36.7 Å². The highest BCUT2D eigenvalue weighted by molar-refractivity contribution is 5.98. The van der Waals surface area contributed by atoms with E-state index in [9.17, 15) is 4.79 Å². The van der Waals surface area contributed by atoms with Crippen molar-refractivity contribution in [2.45, 2.75) is 38.3 Å². The number of carbonyl (C=O) groups excluding carboxylic acids is 1. The van der Waals surface area contributed by atoms with Crippen LogP contribution in [0.3, 0.4) is 0 Å². The summed E-state index contributed by atoms with van der Waals surface area (Å²) in [6.07, 6.45) is 4.11. The van der Waals surface area contributed by atoms with E-state index in [2.05, 4.69) is 10.4 Å². The van der Waals surface area contributed by atoms with Gasteiger partial charge in [-0.15, -0.1) is 0 Å². The molecular weight excluding hydrogens is 218 g/mol. The standard InChI is InChI=1S/C12H17N3O2/c1-2-15-8-10-11(14-15)9(16)7-12(17-10)3-5-13-6-4-12/h8,13H,2-7H2,1H3. The number of carbonyl (C=O) groups is 1. The zero-order valence-electron chi connectivity index (χ0n) is 10.0. The molecule has 0 amide bonds. The molecule has 1 saturated heterocycles. The van der Waals surface area contributed by atoms with E-state index in [4.69, 9.17) is 4.74 Å². The summed E-state index contributed by atoms with van der Waals surface area (Å²) in [4.78, 5) is 12.1. The number of ether oxygens (including phenoxy) is 1. The Hall–Kier alpha value is -1.36. The van der Waals surface area contributed by atoms with Gasteiger partial charge in [-0.1, -0.05) is 0 Å². The second-order valence-electron chi connectivity index (χ2n) is 4.83. The third-order valence-corrected chi connectivity index (χ3v) is 3.64. The van der Waals surface area contributed by atoms with Crippen LogP contribution in [0.2, 0.25) is 0 Å². The highest BCUT2D eigenvalue weighted by atomic mass is 16.5. The van der Waals surface area contributed by atoms with Crippen molar-refractivity contribution in [1.82, 2.24) is 15.1 Å². The van der Waals surface area contributed by atoms with E-state index in [0.29, 0.717) is 17.9 Å². The summed E-state index contributed by atoms with van der Waals surface area (Å²) in [5.74, 6) is 0.797. The van der Waals surface area contributed by atoms with Crippen LogP contribution in [-0.2, 0) is 6.54 Å². The molecule has 1 aromatic heterocycles. The summed E-state index contributed by atoms with van der Waals surface area (Å²) >= 11 is 0. The van der Waals surface area contributed by atoms with Gasteiger partial charge in [-0.3, -0.25) is 9.48 Å². The van der Waals surface area contributed by atoms with E-state index in [1.807, 2.05) is 13.1 Å². The van der Waals surface area contributed by atoms with E-state index >= 15 is 0 Å². The van der Waals surface area contributed by atoms with Crippen LogP contribution in [0, 0.1) is 0 Å². The van der Waals surface area contributed by atoms with Gasteiger partial charge >= 0.3 is 0 Å². The number of Topliss-reactive ketones (excluding diaryl/α,β-unsaturated/α-hetero) is 1. The molecule has 17 heavy (non-hydrogen) atoms. The van der Waals surface area contributed by atoms with Crippen molar-refractivity contribution < 1.29 is 9.53 Å². The number of fused-ring (bicyclic) bond motifs is 1. The van der Waals surface area contributed by atoms with Crippen LogP contribution in [-0.4, -0.2) is 34.3 Å². The molecule has 92 valence electrons. The largest absolute Gasteiger partial charge is 0.483 e. The van der Waals surface area contributed by atoms with Crippen molar-refractivity contribution in [1.29, 1.82) is 0 Å². The molecule has 0 aliphatic carbocycles. The molecule has 5 heteroatoms. The third kappa shape index (κ3) is 1.74. The topological polar surface area (TPSA) is 56.2 Å². The molecule has 1 fully saturated rings. The number of nitrogens with zero attached hydrogens (tertiary/aromatic N) is 2. The number of nitrogens with one attached hydrogen (secondary N) is 1.